The Morgan fingerprint density at radius 2 is 0.776 bits per heavy atom. The van der Waals surface area contributed by atoms with Gasteiger partial charge in [-0.2, -0.15) is 0 Å². The summed E-state index contributed by atoms with van der Waals surface area (Å²) in [6.07, 6.45) is 72.0. The highest BCUT2D eigenvalue weighted by molar-refractivity contribution is 7.47. The van der Waals surface area contributed by atoms with Gasteiger partial charge in [-0.15, -0.1) is 0 Å². The first-order valence-corrected chi connectivity index (χ1v) is 27.2. The summed E-state index contributed by atoms with van der Waals surface area (Å²) in [6.45, 7) is 3.44. The van der Waals surface area contributed by atoms with Gasteiger partial charge in [0.1, 0.15) is 6.61 Å². The maximum absolute atomic E-state index is 12.7. The number of carbonyl (C=O) groups excluding carboxylic acids is 2. The number of esters is 2. The van der Waals surface area contributed by atoms with Gasteiger partial charge in [0.25, 0.3) is 0 Å². The summed E-state index contributed by atoms with van der Waals surface area (Å²) in [5.74, 6) is -0.888. The summed E-state index contributed by atoms with van der Waals surface area (Å²) in [7, 11) is -4.41. The van der Waals surface area contributed by atoms with E-state index in [2.05, 4.69) is 148 Å². The fourth-order valence-electron chi connectivity index (χ4n) is 6.31. The van der Waals surface area contributed by atoms with Gasteiger partial charge in [0, 0.05) is 19.4 Å². The molecule has 0 aliphatic carbocycles. The highest BCUT2D eigenvalue weighted by Gasteiger charge is 2.26. The van der Waals surface area contributed by atoms with Crippen LogP contribution in [-0.2, 0) is 32.7 Å². The van der Waals surface area contributed by atoms with Crippen LogP contribution in [0.1, 0.15) is 181 Å². The predicted octanol–water partition coefficient (Wildman–Crippen LogP) is 15.8. The van der Waals surface area contributed by atoms with E-state index in [0.29, 0.717) is 12.8 Å². The smallest absolute Gasteiger partial charge is 0.462 e. The lowest BCUT2D eigenvalue weighted by Crippen LogP contribution is -2.29. The van der Waals surface area contributed by atoms with Crippen LogP contribution in [0.3, 0.4) is 0 Å². The normalized spacial score (nSPS) is 14.3. The molecule has 0 aliphatic heterocycles. The number of carbonyl (C=O) groups is 2. The van der Waals surface area contributed by atoms with Crippen molar-refractivity contribution in [2.45, 2.75) is 187 Å². The Morgan fingerprint density at radius 3 is 1.16 bits per heavy atom. The molecule has 0 aromatic carbocycles. The highest BCUT2D eigenvalue weighted by Crippen LogP contribution is 2.43. The molecular weight excluding hydrogens is 858 g/mol. The second kappa shape index (κ2) is 51.5. The first-order valence-electron chi connectivity index (χ1n) is 25.7. The summed E-state index contributed by atoms with van der Waals surface area (Å²) in [4.78, 5) is 35.1. The van der Waals surface area contributed by atoms with Crippen molar-refractivity contribution in [2.75, 3.05) is 26.4 Å². The Morgan fingerprint density at radius 1 is 0.448 bits per heavy atom. The van der Waals surface area contributed by atoms with Gasteiger partial charge in [-0.05, 0) is 109 Å². The van der Waals surface area contributed by atoms with E-state index in [-0.39, 0.29) is 32.6 Å². The third kappa shape index (κ3) is 51.4. The number of hydrogen-bond donors (Lipinski definition) is 2. The van der Waals surface area contributed by atoms with Gasteiger partial charge in [0.15, 0.2) is 6.10 Å². The van der Waals surface area contributed by atoms with Crippen molar-refractivity contribution in [1.29, 1.82) is 0 Å². The van der Waals surface area contributed by atoms with Crippen LogP contribution < -0.4 is 5.73 Å². The minimum atomic E-state index is -4.41. The lowest BCUT2D eigenvalue weighted by atomic mass is 10.1. The first kappa shape index (κ1) is 63.1. The van der Waals surface area contributed by atoms with Gasteiger partial charge in [-0.3, -0.25) is 18.6 Å². The van der Waals surface area contributed by atoms with E-state index < -0.39 is 32.5 Å². The van der Waals surface area contributed by atoms with E-state index >= 15 is 0 Å². The number of phosphoric ester groups is 1. The zero-order chi connectivity index (χ0) is 48.8. The van der Waals surface area contributed by atoms with Crippen molar-refractivity contribution in [3.8, 4) is 0 Å². The molecule has 0 radical (unpaired) electrons. The third-order valence-corrected chi connectivity index (χ3v) is 11.0. The van der Waals surface area contributed by atoms with Crippen molar-refractivity contribution in [3.63, 3.8) is 0 Å². The third-order valence-electron chi connectivity index (χ3n) is 10.0. The number of phosphoric acid groups is 1. The molecule has 0 spiro atoms. The van der Waals surface area contributed by atoms with Gasteiger partial charge in [0.2, 0.25) is 0 Å². The molecular formula is C57H92NO8P. The molecule has 0 amide bonds. The molecule has 0 saturated heterocycles. The van der Waals surface area contributed by atoms with Crippen molar-refractivity contribution in [1.82, 2.24) is 0 Å². The van der Waals surface area contributed by atoms with Crippen molar-refractivity contribution in [2.24, 2.45) is 5.73 Å². The molecule has 0 fully saturated rings. The fourth-order valence-corrected chi connectivity index (χ4v) is 7.08. The van der Waals surface area contributed by atoms with E-state index in [1.54, 1.807) is 0 Å². The number of ether oxygens (including phenoxy) is 2. The molecule has 0 bridgehead atoms. The Kier molecular flexibility index (Phi) is 48.6. The standard InChI is InChI=1S/C57H92NO8P/c1-3-5-7-9-11-13-15-17-19-21-23-25-26-27-28-30-32-34-36-38-40-42-44-46-48-50-57(60)66-55(54-65-67(61,62)64-52-51-58)53-63-56(59)49-47-45-43-41-39-37-35-33-31-29-24-22-20-18-16-14-12-10-8-6-4-2/h5-8,11-14,17-20,23-25,27-29,32,34,38,40,55H,3-4,9-10,15-16,21-22,26,30-31,33,35-37,39,41-54,58H2,1-2H3,(H,61,62)/b7-5-,8-6-,13-11-,14-12-,19-17-,20-18-,25-23-,28-27-,29-24-,34-32-,40-38-. The number of hydrogen-bond acceptors (Lipinski definition) is 8. The summed E-state index contributed by atoms with van der Waals surface area (Å²) < 4.78 is 32.9. The van der Waals surface area contributed by atoms with E-state index in [1.807, 2.05) is 0 Å². The summed E-state index contributed by atoms with van der Waals surface area (Å²) in [6, 6.07) is 0. The molecule has 0 saturated carbocycles. The molecule has 0 aromatic heterocycles. The molecule has 0 aliphatic rings. The minimum Gasteiger partial charge on any atom is -0.462 e. The van der Waals surface area contributed by atoms with Gasteiger partial charge in [-0.25, -0.2) is 4.57 Å². The lowest BCUT2D eigenvalue weighted by Gasteiger charge is -2.19. The van der Waals surface area contributed by atoms with Crippen LogP contribution in [0.4, 0.5) is 0 Å². The zero-order valence-corrected chi connectivity index (χ0v) is 42.7. The van der Waals surface area contributed by atoms with E-state index in [0.717, 1.165) is 116 Å². The number of unbranched alkanes of at least 4 members (excludes halogenated alkanes) is 11. The topological polar surface area (TPSA) is 134 Å². The van der Waals surface area contributed by atoms with Gasteiger partial charge in [0.05, 0.1) is 13.2 Å². The number of allylic oxidation sites excluding steroid dienone is 22. The first-order chi connectivity index (χ1) is 32.8. The summed E-state index contributed by atoms with van der Waals surface area (Å²) in [5.41, 5.74) is 5.37. The Hall–Kier alpha value is -3.85. The van der Waals surface area contributed by atoms with Crippen LogP contribution in [0.5, 0.6) is 0 Å². The van der Waals surface area contributed by atoms with E-state index in [4.69, 9.17) is 24.3 Å². The molecule has 9 nitrogen and oxygen atoms in total. The average Bonchev–Trinajstić information content (AvgIpc) is 3.32. The van der Waals surface area contributed by atoms with Crippen molar-refractivity contribution >= 4 is 19.8 Å². The maximum Gasteiger partial charge on any atom is 0.472 e. The molecule has 0 rings (SSSR count). The Labute approximate surface area is 408 Å². The highest BCUT2D eigenvalue weighted by atomic mass is 31.2. The molecule has 67 heavy (non-hydrogen) atoms. The maximum atomic E-state index is 12.7. The molecule has 378 valence electrons. The Bertz CT molecular complexity index is 1550. The average molecular weight is 950 g/mol. The van der Waals surface area contributed by atoms with Gasteiger partial charge >= 0.3 is 19.8 Å². The van der Waals surface area contributed by atoms with E-state index in [1.165, 1.54) is 25.7 Å². The Balaban J connectivity index is 4.19. The molecule has 0 aromatic rings. The van der Waals surface area contributed by atoms with Crippen LogP contribution in [-0.4, -0.2) is 49.3 Å². The molecule has 2 atom stereocenters. The quantitative estimate of drug-likeness (QED) is 0.0265. The second-order valence-corrected chi connectivity index (χ2v) is 17.7. The fraction of sp³-hybridized carbons (Fsp3) is 0.579. The van der Waals surface area contributed by atoms with Crippen molar-refractivity contribution < 1.29 is 37.6 Å². The molecule has 2 unspecified atom stereocenters. The monoisotopic (exact) mass is 950 g/mol. The minimum absolute atomic E-state index is 0.0382. The van der Waals surface area contributed by atoms with Crippen LogP contribution in [0.15, 0.2) is 134 Å². The summed E-state index contributed by atoms with van der Waals surface area (Å²) in [5, 5.41) is 0. The van der Waals surface area contributed by atoms with Crippen molar-refractivity contribution in [3.05, 3.63) is 134 Å². The predicted molar refractivity (Wildman–Crippen MR) is 284 cm³/mol. The van der Waals surface area contributed by atoms with Crippen LogP contribution in [0.2, 0.25) is 0 Å². The van der Waals surface area contributed by atoms with Crippen LogP contribution >= 0.6 is 7.82 Å². The molecule has 0 heterocycles. The zero-order valence-electron chi connectivity index (χ0n) is 41.8. The van der Waals surface area contributed by atoms with E-state index in [9.17, 15) is 19.0 Å². The lowest BCUT2D eigenvalue weighted by molar-refractivity contribution is -0.161. The van der Waals surface area contributed by atoms with Crippen LogP contribution in [0.25, 0.3) is 0 Å². The number of nitrogens with two attached hydrogens (primary N) is 1. The largest absolute Gasteiger partial charge is 0.472 e. The second-order valence-electron chi connectivity index (χ2n) is 16.3. The van der Waals surface area contributed by atoms with Crippen LogP contribution in [0, 0.1) is 0 Å². The van der Waals surface area contributed by atoms with Gasteiger partial charge in [-0.1, -0.05) is 192 Å². The van der Waals surface area contributed by atoms with Gasteiger partial charge < -0.3 is 20.1 Å². The SMILES string of the molecule is CC/C=C\C/C=C\C/C=C\C/C=C\C/C=C\C/C=C\C/C=C\CCCCCC(=O)OC(COC(=O)CCCCCCCCCC/C=C\C/C=C\C/C=C\C/C=C\CC)COP(=O)(O)OCCN. The molecule has 10 heteroatoms. The number of rotatable bonds is 46. The molecule has 3 N–H and O–H groups in total. The summed E-state index contributed by atoms with van der Waals surface area (Å²) >= 11 is 0.